The lowest BCUT2D eigenvalue weighted by molar-refractivity contribution is 0.774. The van der Waals surface area contributed by atoms with Crippen LogP contribution in [0.1, 0.15) is 5.82 Å². The van der Waals surface area contributed by atoms with E-state index in [1.165, 1.54) is 0 Å². The summed E-state index contributed by atoms with van der Waals surface area (Å²) in [6.07, 6.45) is 3.61. The van der Waals surface area contributed by atoms with E-state index in [2.05, 4.69) is 32.3 Å². The van der Waals surface area contributed by atoms with Gasteiger partial charge in [-0.25, -0.2) is 4.98 Å². The van der Waals surface area contributed by atoms with Gasteiger partial charge in [0.2, 0.25) is 0 Å². The molecule has 4 rings (SSSR count). The van der Waals surface area contributed by atoms with Crippen molar-refractivity contribution in [1.29, 1.82) is 0 Å². The van der Waals surface area contributed by atoms with Crippen LogP contribution < -0.4 is 0 Å². The van der Waals surface area contributed by atoms with Gasteiger partial charge in [0.25, 0.3) is 0 Å². The first-order valence-electron chi connectivity index (χ1n) is 7.10. The zero-order valence-corrected chi connectivity index (χ0v) is 12.7. The van der Waals surface area contributed by atoms with Crippen LogP contribution in [0.2, 0.25) is 0 Å². The summed E-state index contributed by atoms with van der Waals surface area (Å²) in [5.41, 5.74) is 6.27. The lowest BCUT2D eigenvalue weighted by Gasteiger charge is -2.08. The zero-order chi connectivity index (χ0) is 15.3. The van der Waals surface area contributed by atoms with Crippen molar-refractivity contribution in [3.8, 4) is 22.5 Å². The number of aryl methyl sites for hydroxylation is 3. The Morgan fingerprint density at radius 3 is 2.27 bits per heavy atom. The topological polar surface area (TPSA) is 64.3 Å². The molecule has 0 saturated carbocycles. The van der Waals surface area contributed by atoms with Crippen molar-refractivity contribution in [3.63, 3.8) is 0 Å². The van der Waals surface area contributed by atoms with Crippen molar-refractivity contribution in [3.05, 3.63) is 42.5 Å². The van der Waals surface area contributed by atoms with Crippen molar-refractivity contribution in [2.24, 2.45) is 14.1 Å². The molecule has 6 nitrogen and oxygen atoms in total. The van der Waals surface area contributed by atoms with Crippen LogP contribution in [0.15, 0.2) is 36.7 Å². The quantitative estimate of drug-likeness (QED) is 0.618. The molecular weight excluding hydrogens is 276 g/mol. The van der Waals surface area contributed by atoms with Crippen LogP contribution in [-0.2, 0) is 14.1 Å². The van der Waals surface area contributed by atoms with Gasteiger partial charge in [0.15, 0.2) is 0 Å². The largest absolute Gasteiger partial charge is 0.342 e. The SMILES string of the molecule is Cc1nc2c(-c3ccnn3C)cc(-c3ccnn3C)cc2[nH]1. The first kappa shape index (κ1) is 12.8. The summed E-state index contributed by atoms with van der Waals surface area (Å²) in [5, 5.41) is 8.54. The summed E-state index contributed by atoms with van der Waals surface area (Å²) < 4.78 is 3.74. The number of nitrogens with one attached hydrogen (secondary N) is 1. The molecule has 0 unspecified atom stereocenters. The van der Waals surface area contributed by atoms with E-state index < -0.39 is 0 Å². The molecule has 0 fully saturated rings. The molecule has 0 aliphatic rings. The molecule has 0 amide bonds. The third kappa shape index (κ3) is 1.84. The van der Waals surface area contributed by atoms with Crippen LogP contribution in [0.4, 0.5) is 0 Å². The number of hydrogen-bond donors (Lipinski definition) is 1. The van der Waals surface area contributed by atoms with Gasteiger partial charge in [-0.2, -0.15) is 10.2 Å². The summed E-state index contributed by atoms with van der Waals surface area (Å²) in [7, 11) is 3.89. The first-order valence-corrected chi connectivity index (χ1v) is 7.10. The fourth-order valence-corrected chi connectivity index (χ4v) is 2.88. The number of rotatable bonds is 2. The molecular formula is C16H16N6. The third-order valence-corrected chi connectivity index (χ3v) is 3.92. The highest BCUT2D eigenvalue weighted by molar-refractivity contribution is 5.95. The van der Waals surface area contributed by atoms with Crippen molar-refractivity contribution in [2.45, 2.75) is 6.92 Å². The molecule has 6 heteroatoms. The second kappa shape index (κ2) is 4.56. The van der Waals surface area contributed by atoms with Crippen molar-refractivity contribution >= 4 is 11.0 Å². The molecule has 3 heterocycles. The smallest absolute Gasteiger partial charge is 0.104 e. The summed E-state index contributed by atoms with van der Waals surface area (Å²) in [5.74, 6) is 0.903. The van der Waals surface area contributed by atoms with Gasteiger partial charge in [-0.3, -0.25) is 9.36 Å². The fourth-order valence-electron chi connectivity index (χ4n) is 2.88. The Labute approximate surface area is 127 Å². The lowest BCUT2D eigenvalue weighted by Crippen LogP contribution is -1.96. The van der Waals surface area contributed by atoms with E-state index >= 15 is 0 Å². The average molecular weight is 292 g/mol. The Morgan fingerprint density at radius 2 is 1.64 bits per heavy atom. The van der Waals surface area contributed by atoms with Gasteiger partial charge in [0.05, 0.1) is 22.4 Å². The van der Waals surface area contributed by atoms with Gasteiger partial charge < -0.3 is 4.98 Å². The molecule has 110 valence electrons. The predicted molar refractivity (Wildman–Crippen MR) is 85.2 cm³/mol. The predicted octanol–water partition coefficient (Wildman–Crippen LogP) is 2.67. The van der Waals surface area contributed by atoms with E-state index in [-0.39, 0.29) is 0 Å². The van der Waals surface area contributed by atoms with Crippen LogP contribution in [-0.4, -0.2) is 29.5 Å². The highest BCUT2D eigenvalue weighted by Crippen LogP contribution is 2.32. The van der Waals surface area contributed by atoms with E-state index in [4.69, 9.17) is 0 Å². The molecule has 3 aromatic heterocycles. The summed E-state index contributed by atoms with van der Waals surface area (Å²) in [6.45, 7) is 1.97. The average Bonchev–Trinajstić information content (AvgIpc) is 3.17. The number of aromatic amines is 1. The Morgan fingerprint density at radius 1 is 0.955 bits per heavy atom. The first-order chi connectivity index (χ1) is 10.6. The molecule has 0 radical (unpaired) electrons. The second-order valence-corrected chi connectivity index (χ2v) is 5.42. The standard InChI is InChI=1S/C16H16N6/c1-10-19-13-9-11(14-4-6-17-21(14)2)8-12(16(13)20-10)15-5-7-18-22(15)3/h4-9H,1-3H3,(H,19,20). The van der Waals surface area contributed by atoms with Crippen LogP contribution in [0.3, 0.4) is 0 Å². The lowest BCUT2D eigenvalue weighted by atomic mass is 10.0. The second-order valence-electron chi connectivity index (χ2n) is 5.42. The van der Waals surface area contributed by atoms with E-state index in [0.717, 1.165) is 39.4 Å². The number of imidazole rings is 1. The number of hydrogen-bond acceptors (Lipinski definition) is 3. The van der Waals surface area contributed by atoms with Crippen molar-refractivity contribution in [2.75, 3.05) is 0 Å². The maximum absolute atomic E-state index is 4.64. The molecule has 1 aromatic carbocycles. The Kier molecular flexibility index (Phi) is 2.66. The van der Waals surface area contributed by atoms with Crippen LogP contribution in [0.5, 0.6) is 0 Å². The molecule has 0 saturated heterocycles. The third-order valence-electron chi connectivity index (χ3n) is 3.92. The number of nitrogens with zero attached hydrogens (tertiary/aromatic N) is 5. The summed E-state index contributed by atoms with van der Waals surface area (Å²) >= 11 is 0. The highest BCUT2D eigenvalue weighted by Gasteiger charge is 2.14. The molecule has 0 spiro atoms. The monoisotopic (exact) mass is 292 g/mol. The fraction of sp³-hybridized carbons (Fsp3) is 0.188. The van der Waals surface area contributed by atoms with E-state index in [1.807, 2.05) is 48.7 Å². The van der Waals surface area contributed by atoms with E-state index in [9.17, 15) is 0 Å². The zero-order valence-electron chi connectivity index (χ0n) is 12.7. The van der Waals surface area contributed by atoms with Gasteiger partial charge in [0, 0.05) is 37.6 Å². The number of H-pyrrole nitrogens is 1. The van der Waals surface area contributed by atoms with E-state index in [1.54, 1.807) is 6.20 Å². The minimum absolute atomic E-state index is 0.903. The van der Waals surface area contributed by atoms with E-state index in [0.29, 0.717) is 0 Å². The number of aromatic nitrogens is 6. The van der Waals surface area contributed by atoms with Crippen molar-refractivity contribution in [1.82, 2.24) is 29.5 Å². The Hall–Kier alpha value is -2.89. The van der Waals surface area contributed by atoms with Crippen LogP contribution in [0, 0.1) is 6.92 Å². The van der Waals surface area contributed by atoms with Gasteiger partial charge >= 0.3 is 0 Å². The minimum atomic E-state index is 0.903. The normalized spacial score (nSPS) is 11.4. The van der Waals surface area contributed by atoms with Crippen LogP contribution >= 0.6 is 0 Å². The highest BCUT2D eigenvalue weighted by atomic mass is 15.3. The summed E-state index contributed by atoms with van der Waals surface area (Å²) in [4.78, 5) is 7.97. The molecule has 0 atom stereocenters. The van der Waals surface area contributed by atoms with Crippen molar-refractivity contribution < 1.29 is 0 Å². The number of benzene rings is 1. The molecule has 0 aliphatic heterocycles. The molecule has 1 N–H and O–H groups in total. The summed E-state index contributed by atoms with van der Waals surface area (Å²) in [6, 6.07) is 8.28. The van der Waals surface area contributed by atoms with Gasteiger partial charge in [-0.05, 0) is 31.2 Å². The maximum atomic E-state index is 4.64. The number of fused-ring (bicyclic) bond motifs is 1. The van der Waals surface area contributed by atoms with Gasteiger partial charge in [0.1, 0.15) is 5.82 Å². The van der Waals surface area contributed by atoms with Gasteiger partial charge in [-0.15, -0.1) is 0 Å². The molecule has 0 aliphatic carbocycles. The molecule has 0 bridgehead atoms. The molecule has 4 aromatic rings. The van der Waals surface area contributed by atoms with Crippen LogP contribution in [0.25, 0.3) is 33.5 Å². The van der Waals surface area contributed by atoms with Gasteiger partial charge in [-0.1, -0.05) is 0 Å². The maximum Gasteiger partial charge on any atom is 0.104 e. The Bertz CT molecular complexity index is 972. The minimum Gasteiger partial charge on any atom is -0.342 e. The Balaban J connectivity index is 2.06. The molecule has 22 heavy (non-hydrogen) atoms.